The number of piperidine rings is 1. The Balaban J connectivity index is 0.745. The Morgan fingerprint density at radius 2 is 1.83 bits per heavy atom. The van der Waals surface area contributed by atoms with Crippen LogP contribution >= 0.6 is 11.6 Å². The Bertz CT molecular complexity index is 2620. The quantitative estimate of drug-likeness (QED) is 0.0450. The summed E-state index contributed by atoms with van der Waals surface area (Å²) < 4.78 is 37.7. The number of aromatic amines is 1. The van der Waals surface area contributed by atoms with Gasteiger partial charge in [0.25, 0.3) is 17.7 Å². The van der Waals surface area contributed by atoms with Gasteiger partial charge in [-0.2, -0.15) is 5.10 Å². The number of amides is 6. The molecule has 0 spiro atoms. The summed E-state index contributed by atoms with van der Waals surface area (Å²) in [6.07, 6.45) is 7.02. The summed E-state index contributed by atoms with van der Waals surface area (Å²) in [6, 6.07) is 12.4. The Morgan fingerprint density at radius 3 is 2.61 bits per heavy atom. The van der Waals surface area contributed by atoms with Crippen LogP contribution in [0.1, 0.15) is 68.9 Å². The van der Waals surface area contributed by atoms with E-state index in [1.165, 1.54) is 36.5 Å². The number of fused-ring (bicyclic) bond motifs is 1. The van der Waals surface area contributed by atoms with Gasteiger partial charge in [-0.05, 0) is 74.2 Å². The number of halogens is 3. The molecule has 23 heteroatoms. The molecule has 20 nitrogen and oxygen atoms in total. The standard InChI is InChI=1S/C43H43ClF2N12O8/c44-43(45,46)66-29-9-7-26(8-10-29)51-39(61)25-21-31(32-13-15-49-54-32)38(48-22-25)56-17-14-27(23-56)50-35(59)6-1-3-28-24-57(55-53-28)18-20-65-19-16-47-33-5-2-4-30-37(33)42(64)58(41(30)63)34-11-12-36(60)52-40(34)62/h2,4-5,7-10,13,15,21-22,24,27,34,47H,1,3,6,11-12,14,16-20,23H2,(H,49,54)(H,50,59)(H,51,61)(H,52,60,62)/t27-,34?/m1/s1. The van der Waals surface area contributed by atoms with E-state index in [0.29, 0.717) is 80.5 Å². The first-order chi connectivity index (χ1) is 31.8. The van der Waals surface area contributed by atoms with Gasteiger partial charge in [-0.1, -0.05) is 11.3 Å². The van der Waals surface area contributed by atoms with Crippen LogP contribution in [0.2, 0.25) is 0 Å². The van der Waals surface area contributed by atoms with Gasteiger partial charge in [0.2, 0.25) is 17.7 Å². The number of carbonyl (C=O) groups is 6. The van der Waals surface area contributed by atoms with Gasteiger partial charge in [-0.3, -0.25) is 44.1 Å². The number of alkyl halides is 3. The van der Waals surface area contributed by atoms with Gasteiger partial charge in [-0.25, -0.2) is 9.67 Å². The topological polar surface area (TPSA) is 248 Å². The van der Waals surface area contributed by atoms with Crippen LogP contribution in [0.15, 0.2) is 73.2 Å². The first kappa shape index (κ1) is 45.2. The number of rotatable bonds is 19. The lowest BCUT2D eigenvalue weighted by molar-refractivity contribution is -0.136. The molecule has 2 saturated heterocycles. The van der Waals surface area contributed by atoms with Crippen LogP contribution in [0.4, 0.5) is 26.0 Å². The molecule has 5 N–H and O–H groups in total. The SMILES string of the molecule is O=C1CCC(N2C(=O)c3cccc(NCCOCCn4cc(CCCC(=O)N[C@@H]5CCN(c6ncc(C(=O)Nc7ccc(OC(F)(F)Cl)cc7)cc6-c6ccn[nH]6)C5)nn4)c3C2=O)C(=O)N1. The minimum absolute atomic E-state index is 0.0385. The molecule has 0 saturated carbocycles. The minimum atomic E-state index is -3.86. The maximum Gasteiger partial charge on any atom is 0.487 e. The van der Waals surface area contributed by atoms with Gasteiger partial charge in [0, 0.05) is 85.6 Å². The summed E-state index contributed by atoms with van der Waals surface area (Å²) in [5.74, 6) is -2.41. The molecule has 3 aliphatic rings. The Hall–Kier alpha value is -7.33. The van der Waals surface area contributed by atoms with E-state index >= 15 is 0 Å². The fourth-order valence-electron chi connectivity index (χ4n) is 7.92. The van der Waals surface area contributed by atoms with Gasteiger partial charge in [0.15, 0.2) is 0 Å². The Labute approximate surface area is 379 Å². The molecular weight excluding hydrogens is 886 g/mol. The van der Waals surface area contributed by atoms with E-state index in [9.17, 15) is 37.5 Å². The largest absolute Gasteiger partial charge is 0.487 e. The van der Waals surface area contributed by atoms with Gasteiger partial charge < -0.3 is 30.3 Å². The monoisotopic (exact) mass is 928 g/mol. The predicted octanol–water partition coefficient (Wildman–Crippen LogP) is 3.73. The van der Waals surface area contributed by atoms with Crippen molar-refractivity contribution in [1.29, 1.82) is 0 Å². The van der Waals surface area contributed by atoms with E-state index in [-0.39, 0.29) is 60.3 Å². The Kier molecular flexibility index (Phi) is 13.6. The van der Waals surface area contributed by atoms with Crippen molar-refractivity contribution in [3.63, 3.8) is 0 Å². The molecule has 6 heterocycles. The molecule has 0 aliphatic carbocycles. The third-order valence-corrected chi connectivity index (χ3v) is 11.1. The number of aromatic nitrogens is 6. The summed E-state index contributed by atoms with van der Waals surface area (Å²) in [6.45, 7) is 2.47. The van der Waals surface area contributed by atoms with Gasteiger partial charge >= 0.3 is 5.57 Å². The van der Waals surface area contributed by atoms with Crippen LogP contribution in [0.25, 0.3) is 11.3 Å². The fraction of sp³-hybridized carbons (Fsp3) is 0.349. The number of aryl methyl sites for hydroxylation is 1. The number of nitrogens with zero attached hydrogens (tertiary/aromatic N) is 7. The van der Waals surface area contributed by atoms with Crippen LogP contribution in [-0.2, 0) is 32.1 Å². The average molecular weight is 929 g/mol. The number of pyridine rings is 1. The smallest absolute Gasteiger partial charge is 0.420 e. The van der Waals surface area contributed by atoms with Crippen molar-refractivity contribution in [2.45, 2.75) is 62.7 Å². The van der Waals surface area contributed by atoms with Gasteiger partial charge in [0.05, 0.1) is 47.8 Å². The summed E-state index contributed by atoms with van der Waals surface area (Å²) in [4.78, 5) is 84.1. The Morgan fingerprint density at radius 1 is 1.00 bits per heavy atom. The maximum atomic E-state index is 13.3. The molecule has 8 rings (SSSR count). The van der Waals surface area contributed by atoms with Gasteiger partial charge in [0.1, 0.15) is 17.6 Å². The van der Waals surface area contributed by atoms with E-state index in [2.05, 4.69) is 51.5 Å². The van der Waals surface area contributed by atoms with E-state index in [0.717, 1.165) is 10.6 Å². The highest BCUT2D eigenvalue weighted by Gasteiger charge is 2.45. The summed E-state index contributed by atoms with van der Waals surface area (Å²) in [7, 11) is 0. The number of hydrogen-bond donors (Lipinski definition) is 5. The van der Waals surface area contributed by atoms with Crippen molar-refractivity contribution >= 4 is 64.2 Å². The summed E-state index contributed by atoms with van der Waals surface area (Å²) in [5.41, 5.74) is -0.476. The average Bonchev–Trinajstić information content (AvgIpc) is 4.12. The lowest BCUT2D eigenvalue weighted by Crippen LogP contribution is -2.54. The molecule has 2 aromatic carbocycles. The summed E-state index contributed by atoms with van der Waals surface area (Å²) >= 11 is 4.83. The zero-order chi connectivity index (χ0) is 46.4. The highest BCUT2D eigenvalue weighted by molar-refractivity contribution is 6.25. The number of H-pyrrole nitrogens is 1. The van der Waals surface area contributed by atoms with Crippen molar-refractivity contribution in [3.8, 4) is 17.0 Å². The second-order valence-corrected chi connectivity index (χ2v) is 16.1. The molecule has 3 aromatic heterocycles. The van der Waals surface area contributed by atoms with Crippen LogP contribution in [-0.4, -0.2) is 121 Å². The van der Waals surface area contributed by atoms with Crippen molar-refractivity contribution < 1.29 is 47.0 Å². The lowest BCUT2D eigenvalue weighted by atomic mass is 10.0. The maximum absolute atomic E-state index is 13.3. The van der Waals surface area contributed by atoms with Crippen LogP contribution in [0, 0.1) is 0 Å². The first-order valence-electron chi connectivity index (χ1n) is 21.1. The highest BCUT2D eigenvalue weighted by atomic mass is 35.5. The van der Waals surface area contributed by atoms with E-state index in [4.69, 9.17) is 16.3 Å². The number of ether oxygens (including phenoxy) is 2. The van der Waals surface area contributed by atoms with Crippen molar-refractivity contribution in [1.82, 2.24) is 45.7 Å². The second kappa shape index (κ2) is 19.8. The third-order valence-electron chi connectivity index (χ3n) is 11.0. The van der Waals surface area contributed by atoms with Crippen LogP contribution < -0.4 is 30.9 Å². The van der Waals surface area contributed by atoms with E-state index in [1.807, 2.05) is 4.90 Å². The first-order valence-corrected chi connectivity index (χ1v) is 21.4. The van der Waals surface area contributed by atoms with Crippen molar-refractivity contribution in [3.05, 3.63) is 95.6 Å². The number of nitrogens with one attached hydrogen (secondary N) is 5. The molecule has 0 bridgehead atoms. The number of hydrogen-bond acceptors (Lipinski definition) is 14. The van der Waals surface area contributed by atoms with E-state index < -0.39 is 41.1 Å². The summed E-state index contributed by atoms with van der Waals surface area (Å²) in [5, 5.41) is 26.5. The van der Waals surface area contributed by atoms with Crippen molar-refractivity contribution in [2.24, 2.45) is 0 Å². The second-order valence-electron chi connectivity index (χ2n) is 15.6. The van der Waals surface area contributed by atoms with Gasteiger partial charge in [-0.15, -0.1) is 13.9 Å². The van der Waals surface area contributed by atoms with Crippen LogP contribution in [0.3, 0.4) is 0 Å². The molecule has 66 heavy (non-hydrogen) atoms. The zero-order valence-electron chi connectivity index (χ0n) is 35.1. The number of anilines is 3. The minimum Gasteiger partial charge on any atom is -0.420 e. The van der Waals surface area contributed by atoms with E-state index in [1.54, 1.807) is 41.3 Å². The van der Waals surface area contributed by atoms with Crippen LogP contribution in [0.5, 0.6) is 5.75 Å². The predicted molar refractivity (Wildman–Crippen MR) is 232 cm³/mol. The molecule has 1 unspecified atom stereocenters. The third kappa shape index (κ3) is 10.8. The normalized spacial score (nSPS) is 17.2. The number of carbonyl (C=O) groups excluding carboxylic acids is 6. The molecule has 5 aromatic rings. The molecule has 6 amide bonds. The highest BCUT2D eigenvalue weighted by Crippen LogP contribution is 2.34. The molecule has 2 fully saturated rings. The molecule has 344 valence electrons. The fourth-order valence-corrected chi connectivity index (χ4v) is 8.01. The van der Waals surface area contributed by atoms with Crippen molar-refractivity contribution in [2.75, 3.05) is 48.4 Å². The molecular formula is C43H43ClF2N12O8. The molecule has 0 radical (unpaired) electrons. The molecule has 3 aliphatic heterocycles. The number of imide groups is 2. The zero-order valence-corrected chi connectivity index (χ0v) is 35.9. The number of benzene rings is 2. The lowest BCUT2D eigenvalue weighted by Gasteiger charge is -2.27. The molecule has 2 atom stereocenters.